The summed E-state index contributed by atoms with van der Waals surface area (Å²) in [5.41, 5.74) is 5.22. The van der Waals surface area contributed by atoms with Crippen LogP contribution in [-0.2, 0) is 6.18 Å². The number of benzene rings is 1. The van der Waals surface area contributed by atoms with Crippen LogP contribution in [-0.4, -0.2) is 15.2 Å². The maximum Gasteiger partial charge on any atom is 0.416 e. The molecule has 2 aromatic heterocycles. The lowest BCUT2D eigenvalue weighted by Crippen LogP contribution is -2.06. The number of nitrogen functional groups attached to an aromatic ring is 1. The van der Waals surface area contributed by atoms with Gasteiger partial charge in [0, 0.05) is 11.3 Å². The van der Waals surface area contributed by atoms with Gasteiger partial charge in [-0.3, -0.25) is 0 Å². The molecule has 0 aliphatic heterocycles. The fraction of sp³-hybridized carbons (Fsp3) is 0.0769. The lowest BCUT2D eigenvalue weighted by atomic mass is 10.1. The molecule has 0 unspecified atom stereocenters. The molecule has 108 valence electrons. The Kier molecular flexibility index (Phi) is 2.93. The lowest BCUT2D eigenvalue weighted by molar-refractivity contribution is -0.137. The average molecular weight is 294 g/mol. The first-order valence-corrected chi connectivity index (χ1v) is 5.89. The molecule has 2 heterocycles. The van der Waals surface area contributed by atoms with Crippen LogP contribution in [0.4, 0.5) is 18.9 Å². The molecule has 1 aromatic carbocycles. The number of nitrogens with two attached hydrogens (primary N) is 1. The third-order valence-electron chi connectivity index (χ3n) is 2.88. The van der Waals surface area contributed by atoms with Gasteiger partial charge in [0.25, 0.3) is 0 Å². The van der Waals surface area contributed by atoms with Gasteiger partial charge in [-0.05, 0) is 30.3 Å². The van der Waals surface area contributed by atoms with E-state index < -0.39 is 11.7 Å². The van der Waals surface area contributed by atoms with E-state index in [0.29, 0.717) is 11.6 Å². The number of H-pyrrole nitrogens is 1. The third kappa shape index (κ3) is 2.47. The van der Waals surface area contributed by atoms with Gasteiger partial charge in [0.1, 0.15) is 0 Å². The molecular formula is C13H9F3N4O. The lowest BCUT2D eigenvalue weighted by Gasteiger charge is -2.09. The minimum Gasteiger partial charge on any atom is -0.461 e. The van der Waals surface area contributed by atoms with Crippen LogP contribution in [0.2, 0.25) is 0 Å². The topological polar surface area (TPSA) is 80.7 Å². The molecule has 3 aromatic rings. The van der Waals surface area contributed by atoms with Gasteiger partial charge in [0.15, 0.2) is 17.4 Å². The highest BCUT2D eigenvalue weighted by molar-refractivity contribution is 5.73. The van der Waals surface area contributed by atoms with E-state index in [-0.39, 0.29) is 17.1 Å². The standard InChI is InChI=1S/C13H9F3N4O/c14-13(15,16)7-3-4-9(17)8(6-7)11-18-12(20-19-11)10-2-1-5-21-10/h1-6H,17H2,(H,18,19,20). The number of hydrogen-bond acceptors (Lipinski definition) is 4. The molecule has 0 saturated heterocycles. The fourth-order valence-electron chi connectivity index (χ4n) is 1.85. The van der Waals surface area contributed by atoms with Crippen LogP contribution >= 0.6 is 0 Å². The van der Waals surface area contributed by atoms with Gasteiger partial charge in [0.2, 0.25) is 0 Å². The number of halogens is 3. The van der Waals surface area contributed by atoms with Crippen molar-refractivity contribution in [3.63, 3.8) is 0 Å². The summed E-state index contributed by atoms with van der Waals surface area (Å²) in [6, 6.07) is 6.35. The van der Waals surface area contributed by atoms with Gasteiger partial charge in [-0.25, -0.2) is 0 Å². The molecule has 0 spiro atoms. The normalized spacial score (nSPS) is 11.8. The van der Waals surface area contributed by atoms with E-state index in [9.17, 15) is 13.2 Å². The number of nitrogens with one attached hydrogen (secondary N) is 1. The van der Waals surface area contributed by atoms with Crippen LogP contribution in [0.25, 0.3) is 23.0 Å². The highest BCUT2D eigenvalue weighted by atomic mass is 19.4. The van der Waals surface area contributed by atoms with Gasteiger partial charge >= 0.3 is 6.18 Å². The summed E-state index contributed by atoms with van der Waals surface area (Å²) in [7, 11) is 0. The third-order valence-corrected chi connectivity index (χ3v) is 2.88. The number of aromatic amines is 1. The van der Waals surface area contributed by atoms with E-state index in [0.717, 1.165) is 12.1 Å². The molecule has 3 N–H and O–H groups in total. The molecule has 0 aliphatic rings. The minimum absolute atomic E-state index is 0.134. The number of alkyl halides is 3. The second-order valence-electron chi connectivity index (χ2n) is 4.30. The highest BCUT2D eigenvalue weighted by Gasteiger charge is 2.31. The molecule has 0 amide bonds. The Morgan fingerprint density at radius 1 is 1.10 bits per heavy atom. The second kappa shape index (κ2) is 4.65. The first kappa shape index (κ1) is 13.2. The van der Waals surface area contributed by atoms with Crippen molar-refractivity contribution in [2.75, 3.05) is 5.73 Å². The highest BCUT2D eigenvalue weighted by Crippen LogP contribution is 2.34. The number of hydrogen-bond donors (Lipinski definition) is 2. The molecule has 0 saturated carbocycles. The number of aromatic nitrogens is 3. The van der Waals surface area contributed by atoms with Crippen molar-refractivity contribution in [2.24, 2.45) is 0 Å². The Morgan fingerprint density at radius 2 is 1.86 bits per heavy atom. The largest absolute Gasteiger partial charge is 0.461 e. The van der Waals surface area contributed by atoms with E-state index in [4.69, 9.17) is 10.2 Å². The number of nitrogens with zero attached hydrogens (tertiary/aromatic N) is 2. The van der Waals surface area contributed by atoms with Crippen molar-refractivity contribution in [2.45, 2.75) is 6.18 Å². The summed E-state index contributed by atoms with van der Waals surface area (Å²) in [6.45, 7) is 0. The van der Waals surface area contributed by atoms with Crippen molar-refractivity contribution < 1.29 is 17.6 Å². The Labute approximate surface area is 116 Å². The Balaban J connectivity index is 2.04. The Hall–Kier alpha value is -2.77. The monoisotopic (exact) mass is 294 g/mol. The van der Waals surface area contributed by atoms with Crippen LogP contribution in [0.15, 0.2) is 41.0 Å². The Morgan fingerprint density at radius 3 is 2.52 bits per heavy atom. The first-order chi connectivity index (χ1) is 9.95. The van der Waals surface area contributed by atoms with Gasteiger partial charge in [-0.2, -0.15) is 13.2 Å². The molecule has 8 heteroatoms. The molecule has 0 aliphatic carbocycles. The first-order valence-electron chi connectivity index (χ1n) is 5.89. The van der Waals surface area contributed by atoms with Crippen LogP contribution in [0.5, 0.6) is 0 Å². The molecular weight excluding hydrogens is 285 g/mol. The van der Waals surface area contributed by atoms with Gasteiger partial charge in [0.05, 0.1) is 11.8 Å². The van der Waals surface area contributed by atoms with E-state index >= 15 is 0 Å². The van der Waals surface area contributed by atoms with Crippen molar-refractivity contribution in [3.8, 4) is 23.0 Å². The maximum absolute atomic E-state index is 12.7. The quantitative estimate of drug-likeness (QED) is 0.710. The van der Waals surface area contributed by atoms with E-state index in [1.165, 1.54) is 12.3 Å². The molecule has 3 rings (SSSR count). The predicted molar refractivity (Wildman–Crippen MR) is 68.9 cm³/mol. The zero-order valence-corrected chi connectivity index (χ0v) is 10.5. The SMILES string of the molecule is Nc1ccc(C(F)(F)F)cc1-c1nnc(-c2ccco2)[nH]1. The molecule has 0 fully saturated rings. The Bertz CT molecular complexity index is 762. The zero-order valence-electron chi connectivity index (χ0n) is 10.5. The van der Waals surface area contributed by atoms with Crippen molar-refractivity contribution in [3.05, 3.63) is 42.2 Å². The van der Waals surface area contributed by atoms with Gasteiger partial charge < -0.3 is 15.1 Å². The van der Waals surface area contributed by atoms with E-state index in [1.54, 1.807) is 12.1 Å². The summed E-state index contributed by atoms with van der Waals surface area (Å²) in [4.78, 5) is 2.79. The number of furan rings is 1. The van der Waals surface area contributed by atoms with E-state index in [1.807, 2.05) is 0 Å². The summed E-state index contributed by atoms with van der Waals surface area (Å²) in [5.74, 6) is 0.885. The average Bonchev–Trinajstić information content (AvgIpc) is 3.09. The molecule has 0 radical (unpaired) electrons. The fourth-order valence-corrected chi connectivity index (χ4v) is 1.85. The summed E-state index contributed by atoms with van der Waals surface area (Å²) in [5, 5.41) is 7.65. The van der Waals surface area contributed by atoms with E-state index in [2.05, 4.69) is 15.2 Å². The minimum atomic E-state index is -4.45. The number of rotatable bonds is 2. The van der Waals surface area contributed by atoms with Crippen LogP contribution in [0, 0.1) is 0 Å². The van der Waals surface area contributed by atoms with Crippen LogP contribution < -0.4 is 5.73 Å². The van der Waals surface area contributed by atoms with Crippen LogP contribution in [0.3, 0.4) is 0 Å². The smallest absolute Gasteiger partial charge is 0.416 e. The van der Waals surface area contributed by atoms with Crippen molar-refractivity contribution in [1.29, 1.82) is 0 Å². The predicted octanol–water partition coefficient (Wildman–Crippen LogP) is 3.33. The second-order valence-corrected chi connectivity index (χ2v) is 4.30. The summed E-state index contributed by atoms with van der Waals surface area (Å²) >= 11 is 0. The maximum atomic E-state index is 12.7. The van der Waals surface area contributed by atoms with Crippen molar-refractivity contribution in [1.82, 2.24) is 15.2 Å². The molecule has 21 heavy (non-hydrogen) atoms. The zero-order chi connectivity index (χ0) is 15.0. The van der Waals surface area contributed by atoms with Gasteiger partial charge in [-0.1, -0.05) is 0 Å². The van der Waals surface area contributed by atoms with Crippen LogP contribution in [0.1, 0.15) is 5.56 Å². The van der Waals surface area contributed by atoms with Gasteiger partial charge in [-0.15, -0.1) is 10.2 Å². The summed E-state index contributed by atoms with van der Waals surface area (Å²) < 4.78 is 43.4. The molecule has 0 atom stereocenters. The number of anilines is 1. The van der Waals surface area contributed by atoms with Crippen molar-refractivity contribution >= 4 is 5.69 Å². The molecule has 0 bridgehead atoms. The molecule has 5 nitrogen and oxygen atoms in total. The summed E-state index contributed by atoms with van der Waals surface area (Å²) in [6.07, 6.45) is -3.00.